The molecule has 1 atom stereocenters. The molecule has 1 amide bonds. The topological polar surface area (TPSA) is 42.4 Å². The first-order chi connectivity index (χ1) is 11.6. The van der Waals surface area contributed by atoms with Crippen LogP contribution in [0.1, 0.15) is 28.8 Å². The van der Waals surface area contributed by atoms with Gasteiger partial charge in [0.05, 0.1) is 11.7 Å². The van der Waals surface area contributed by atoms with Crippen molar-refractivity contribution in [3.05, 3.63) is 64.1 Å². The minimum atomic E-state index is -0.522. The second kappa shape index (κ2) is 7.85. The molecule has 0 unspecified atom stereocenters. The third kappa shape index (κ3) is 4.19. The van der Waals surface area contributed by atoms with E-state index in [2.05, 4.69) is 20.9 Å². The first-order valence-corrected chi connectivity index (χ1v) is 8.67. The summed E-state index contributed by atoms with van der Waals surface area (Å²) < 4.78 is 20.4. The van der Waals surface area contributed by atoms with Gasteiger partial charge in [-0.2, -0.15) is 0 Å². The Bertz CT molecular complexity index is 705. The number of halogens is 2. The van der Waals surface area contributed by atoms with E-state index < -0.39 is 5.82 Å². The minimum absolute atomic E-state index is 0.000774. The van der Waals surface area contributed by atoms with Crippen molar-refractivity contribution in [2.24, 2.45) is 0 Å². The first-order valence-electron chi connectivity index (χ1n) is 7.88. The van der Waals surface area contributed by atoms with Gasteiger partial charge in [0.2, 0.25) is 0 Å². The molecule has 2 heterocycles. The van der Waals surface area contributed by atoms with E-state index in [-0.39, 0.29) is 17.6 Å². The number of hydrogen-bond acceptors (Lipinski definition) is 3. The van der Waals surface area contributed by atoms with Crippen molar-refractivity contribution in [3.63, 3.8) is 0 Å². The van der Waals surface area contributed by atoms with Gasteiger partial charge in [0.25, 0.3) is 5.91 Å². The van der Waals surface area contributed by atoms with Crippen molar-refractivity contribution in [2.75, 3.05) is 13.2 Å². The molecule has 1 saturated heterocycles. The predicted molar refractivity (Wildman–Crippen MR) is 92.1 cm³/mol. The highest BCUT2D eigenvalue weighted by molar-refractivity contribution is 9.10. The Morgan fingerprint density at radius 3 is 3.00 bits per heavy atom. The van der Waals surface area contributed by atoms with Crippen molar-refractivity contribution in [1.29, 1.82) is 0 Å². The molecule has 1 aromatic heterocycles. The van der Waals surface area contributed by atoms with E-state index in [1.165, 1.54) is 12.1 Å². The Balaban J connectivity index is 1.84. The van der Waals surface area contributed by atoms with Crippen LogP contribution in [-0.4, -0.2) is 35.0 Å². The van der Waals surface area contributed by atoms with Crippen LogP contribution in [0.5, 0.6) is 0 Å². The van der Waals surface area contributed by atoms with Crippen LogP contribution in [0, 0.1) is 5.82 Å². The molecule has 6 heteroatoms. The highest BCUT2D eigenvalue weighted by atomic mass is 79.9. The lowest BCUT2D eigenvalue weighted by Gasteiger charge is -2.26. The fourth-order valence-electron chi connectivity index (χ4n) is 2.80. The van der Waals surface area contributed by atoms with Gasteiger partial charge >= 0.3 is 0 Å². The number of rotatable bonds is 5. The zero-order valence-corrected chi connectivity index (χ0v) is 14.7. The predicted octanol–water partition coefficient (Wildman–Crippen LogP) is 3.80. The Morgan fingerprint density at radius 1 is 1.42 bits per heavy atom. The number of pyridine rings is 1. The molecule has 1 fully saturated rings. The maximum absolute atomic E-state index is 14.1. The molecule has 0 saturated carbocycles. The largest absolute Gasteiger partial charge is 0.376 e. The monoisotopic (exact) mass is 392 g/mol. The van der Waals surface area contributed by atoms with E-state index >= 15 is 0 Å². The molecule has 0 radical (unpaired) electrons. The van der Waals surface area contributed by atoms with Gasteiger partial charge in [-0.15, -0.1) is 0 Å². The number of benzene rings is 1. The zero-order valence-electron chi connectivity index (χ0n) is 13.1. The van der Waals surface area contributed by atoms with Crippen molar-refractivity contribution in [2.45, 2.75) is 25.5 Å². The van der Waals surface area contributed by atoms with E-state index in [0.717, 1.165) is 18.4 Å². The molecule has 2 aromatic rings. The zero-order chi connectivity index (χ0) is 16.9. The summed E-state index contributed by atoms with van der Waals surface area (Å²) >= 11 is 3.30. The van der Waals surface area contributed by atoms with Crippen LogP contribution in [0.3, 0.4) is 0 Å². The fourth-order valence-corrected chi connectivity index (χ4v) is 3.16. The lowest BCUT2D eigenvalue weighted by molar-refractivity contribution is 0.0503. The van der Waals surface area contributed by atoms with Crippen LogP contribution in [-0.2, 0) is 11.3 Å². The van der Waals surface area contributed by atoms with Crippen molar-refractivity contribution in [3.8, 4) is 0 Å². The Labute approximate surface area is 148 Å². The third-order valence-corrected chi connectivity index (χ3v) is 4.48. The highest BCUT2D eigenvalue weighted by Gasteiger charge is 2.25. The van der Waals surface area contributed by atoms with Gasteiger partial charge in [-0.25, -0.2) is 4.39 Å². The summed E-state index contributed by atoms with van der Waals surface area (Å²) in [6, 6.07) is 8.12. The van der Waals surface area contributed by atoms with Crippen LogP contribution in [0.25, 0.3) is 0 Å². The van der Waals surface area contributed by atoms with Crippen molar-refractivity contribution in [1.82, 2.24) is 9.88 Å². The number of nitrogens with zero attached hydrogens (tertiary/aromatic N) is 2. The van der Waals surface area contributed by atoms with Crippen LogP contribution in [0.15, 0.2) is 47.2 Å². The Morgan fingerprint density at radius 2 is 2.29 bits per heavy atom. The van der Waals surface area contributed by atoms with Crippen molar-refractivity contribution >= 4 is 21.8 Å². The Hall–Kier alpha value is -1.79. The molecular weight excluding hydrogens is 375 g/mol. The highest BCUT2D eigenvalue weighted by Crippen LogP contribution is 2.21. The molecule has 4 nitrogen and oxygen atoms in total. The average Bonchev–Trinajstić information content (AvgIpc) is 3.10. The molecule has 3 rings (SSSR count). The molecule has 1 aliphatic heterocycles. The molecule has 0 bridgehead atoms. The summed E-state index contributed by atoms with van der Waals surface area (Å²) in [7, 11) is 0. The van der Waals surface area contributed by atoms with E-state index in [9.17, 15) is 9.18 Å². The van der Waals surface area contributed by atoms with Gasteiger partial charge in [-0.3, -0.25) is 9.78 Å². The summed E-state index contributed by atoms with van der Waals surface area (Å²) in [4.78, 5) is 18.6. The van der Waals surface area contributed by atoms with Crippen LogP contribution >= 0.6 is 15.9 Å². The number of carbonyl (C=O) groups is 1. The molecule has 0 aliphatic carbocycles. The molecule has 126 valence electrons. The van der Waals surface area contributed by atoms with Gasteiger partial charge < -0.3 is 9.64 Å². The molecular formula is C18H18BrFN2O2. The molecule has 24 heavy (non-hydrogen) atoms. The van der Waals surface area contributed by atoms with E-state index in [1.807, 2.05) is 12.1 Å². The standard InChI is InChI=1S/C18H18BrFN2O2/c19-14-5-6-17(20)16(9-14)18(23)22(12-15-4-2-8-24-15)11-13-3-1-7-21-10-13/h1,3,5-7,9-10,15H,2,4,8,11-12H2/t15-/m1/s1. The molecule has 1 aliphatic rings. The number of aromatic nitrogens is 1. The smallest absolute Gasteiger partial charge is 0.257 e. The number of carbonyl (C=O) groups excluding carboxylic acids is 1. The normalized spacial score (nSPS) is 17.0. The van der Waals surface area contributed by atoms with Crippen LogP contribution < -0.4 is 0 Å². The summed E-state index contributed by atoms with van der Waals surface area (Å²) in [6.45, 7) is 1.53. The SMILES string of the molecule is O=C(c1cc(Br)ccc1F)N(Cc1cccnc1)C[C@H]1CCCO1. The number of amides is 1. The number of ether oxygens (including phenoxy) is 1. The van der Waals surface area contributed by atoms with Gasteiger partial charge in [-0.05, 0) is 42.7 Å². The first kappa shape index (κ1) is 17.0. The maximum Gasteiger partial charge on any atom is 0.257 e. The molecule has 0 spiro atoms. The molecule has 1 aromatic carbocycles. The van der Waals surface area contributed by atoms with Gasteiger partial charge in [0, 0.05) is 36.6 Å². The fraction of sp³-hybridized carbons (Fsp3) is 0.333. The lowest BCUT2D eigenvalue weighted by Crippen LogP contribution is -2.37. The second-order valence-electron chi connectivity index (χ2n) is 5.81. The number of hydrogen-bond donors (Lipinski definition) is 0. The maximum atomic E-state index is 14.1. The lowest BCUT2D eigenvalue weighted by atomic mass is 10.1. The van der Waals surface area contributed by atoms with Crippen molar-refractivity contribution < 1.29 is 13.9 Å². The summed E-state index contributed by atoms with van der Waals surface area (Å²) in [5, 5.41) is 0. The quantitative estimate of drug-likeness (QED) is 0.776. The third-order valence-electron chi connectivity index (χ3n) is 3.99. The van der Waals surface area contributed by atoms with Gasteiger partial charge in [-0.1, -0.05) is 22.0 Å². The van der Waals surface area contributed by atoms with Gasteiger partial charge in [0.1, 0.15) is 5.82 Å². The minimum Gasteiger partial charge on any atom is -0.376 e. The van der Waals surface area contributed by atoms with E-state index in [1.54, 1.807) is 23.4 Å². The summed E-state index contributed by atoms with van der Waals surface area (Å²) in [6.07, 6.45) is 5.31. The molecule has 0 N–H and O–H groups in total. The summed E-state index contributed by atoms with van der Waals surface area (Å²) in [5.41, 5.74) is 0.963. The van der Waals surface area contributed by atoms with Crippen LogP contribution in [0.2, 0.25) is 0 Å². The summed E-state index contributed by atoms with van der Waals surface area (Å²) in [5.74, 6) is -0.861. The average molecular weight is 393 g/mol. The van der Waals surface area contributed by atoms with E-state index in [0.29, 0.717) is 24.2 Å². The Kier molecular flexibility index (Phi) is 5.58. The van der Waals surface area contributed by atoms with Crippen LogP contribution in [0.4, 0.5) is 4.39 Å². The second-order valence-corrected chi connectivity index (χ2v) is 6.72. The van der Waals surface area contributed by atoms with E-state index in [4.69, 9.17) is 4.74 Å². The van der Waals surface area contributed by atoms with Gasteiger partial charge in [0.15, 0.2) is 0 Å².